The number of nitrogens with two attached hydrogens (primary N) is 1. The molecule has 1 saturated heterocycles. The lowest BCUT2D eigenvalue weighted by Gasteiger charge is -2.45. The summed E-state index contributed by atoms with van der Waals surface area (Å²) in [5.74, 6) is -0.206. The van der Waals surface area contributed by atoms with Crippen molar-refractivity contribution in [1.29, 1.82) is 0 Å². The quantitative estimate of drug-likeness (QED) is 0.904. The number of likely N-dealkylation sites (N-methyl/N-ethyl adjacent to an activating group) is 1. The molecule has 106 valence electrons. The van der Waals surface area contributed by atoms with Crippen LogP contribution in [0.5, 0.6) is 0 Å². The van der Waals surface area contributed by atoms with E-state index in [1.54, 1.807) is 6.07 Å². The summed E-state index contributed by atoms with van der Waals surface area (Å²) in [6, 6.07) is 4.94. The third kappa shape index (κ3) is 3.32. The third-order valence-corrected chi connectivity index (χ3v) is 4.18. The summed E-state index contributed by atoms with van der Waals surface area (Å²) in [6.07, 6.45) is 0. The molecule has 0 atom stereocenters. The minimum absolute atomic E-state index is 0.182. The zero-order valence-corrected chi connectivity index (χ0v) is 12.1. The molecular weight excluding hydrogens is 241 g/mol. The Morgan fingerprint density at radius 3 is 2.63 bits per heavy atom. The second-order valence-corrected chi connectivity index (χ2v) is 6.06. The molecule has 1 aliphatic heterocycles. The molecule has 4 heteroatoms. The van der Waals surface area contributed by atoms with Crippen molar-refractivity contribution in [2.24, 2.45) is 5.73 Å². The molecule has 0 radical (unpaired) electrons. The molecule has 2 rings (SSSR count). The molecule has 0 unspecified atom stereocenters. The van der Waals surface area contributed by atoms with Gasteiger partial charge in [-0.1, -0.05) is 6.07 Å². The minimum atomic E-state index is -0.206. The van der Waals surface area contributed by atoms with E-state index < -0.39 is 0 Å². The molecule has 0 aromatic heterocycles. The number of rotatable bonds is 3. The lowest BCUT2D eigenvalue weighted by Crippen LogP contribution is -2.57. The summed E-state index contributed by atoms with van der Waals surface area (Å²) in [5, 5.41) is 0. The van der Waals surface area contributed by atoms with Gasteiger partial charge in [0.25, 0.3) is 0 Å². The van der Waals surface area contributed by atoms with E-state index in [1.807, 2.05) is 6.07 Å². The lowest BCUT2D eigenvalue weighted by molar-refractivity contribution is 0.0359. The number of nitrogens with zero attached hydrogens (tertiary/aromatic N) is 2. The van der Waals surface area contributed by atoms with Crippen LogP contribution in [0.4, 0.5) is 4.39 Å². The van der Waals surface area contributed by atoms with E-state index in [2.05, 4.69) is 30.7 Å². The van der Waals surface area contributed by atoms with Gasteiger partial charge in [-0.3, -0.25) is 9.80 Å². The second kappa shape index (κ2) is 5.57. The number of hydrogen-bond acceptors (Lipinski definition) is 3. The van der Waals surface area contributed by atoms with Crippen LogP contribution in [0.15, 0.2) is 18.2 Å². The molecule has 0 amide bonds. The summed E-state index contributed by atoms with van der Waals surface area (Å²) in [4.78, 5) is 4.81. The van der Waals surface area contributed by atoms with Crippen LogP contribution in [0.3, 0.4) is 0 Å². The first-order valence-corrected chi connectivity index (χ1v) is 6.83. The first kappa shape index (κ1) is 14.4. The number of halogens is 1. The zero-order chi connectivity index (χ0) is 14.0. The lowest BCUT2D eigenvalue weighted by atomic mass is 9.98. The Bertz CT molecular complexity index is 445. The van der Waals surface area contributed by atoms with E-state index in [-0.39, 0.29) is 11.4 Å². The van der Waals surface area contributed by atoms with Gasteiger partial charge >= 0.3 is 0 Å². The van der Waals surface area contributed by atoms with Crippen molar-refractivity contribution in [3.8, 4) is 0 Å². The molecule has 1 aliphatic rings. The van der Waals surface area contributed by atoms with E-state index in [0.29, 0.717) is 6.54 Å². The molecule has 1 heterocycles. The fraction of sp³-hybridized carbons (Fsp3) is 0.600. The Morgan fingerprint density at radius 2 is 2.00 bits per heavy atom. The van der Waals surface area contributed by atoms with E-state index in [0.717, 1.165) is 37.3 Å². The van der Waals surface area contributed by atoms with Crippen LogP contribution in [-0.4, -0.2) is 42.0 Å². The monoisotopic (exact) mass is 265 g/mol. The Morgan fingerprint density at radius 1 is 1.26 bits per heavy atom. The highest BCUT2D eigenvalue weighted by Gasteiger charge is 2.30. The minimum Gasteiger partial charge on any atom is -0.326 e. The van der Waals surface area contributed by atoms with Crippen molar-refractivity contribution in [1.82, 2.24) is 9.80 Å². The normalized spacial score (nSPS) is 20.7. The SMILES string of the molecule is CN1CCN(Cc2ccc(F)cc2CN)CC1(C)C. The molecule has 2 N–H and O–H groups in total. The fourth-order valence-electron chi connectivity index (χ4n) is 2.66. The smallest absolute Gasteiger partial charge is 0.123 e. The van der Waals surface area contributed by atoms with Crippen molar-refractivity contribution in [3.05, 3.63) is 35.1 Å². The molecule has 1 fully saturated rings. The van der Waals surface area contributed by atoms with E-state index >= 15 is 0 Å². The molecule has 0 spiro atoms. The van der Waals surface area contributed by atoms with E-state index in [1.165, 1.54) is 6.07 Å². The van der Waals surface area contributed by atoms with Crippen molar-refractivity contribution in [2.45, 2.75) is 32.5 Å². The van der Waals surface area contributed by atoms with Gasteiger partial charge in [0.15, 0.2) is 0 Å². The number of piperazine rings is 1. The fourth-order valence-corrected chi connectivity index (χ4v) is 2.66. The Labute approximate surface area is 115 Å². The Kier molecular flexibility index (Phi) is 4.23. The van der Waals surface area contributed by atoms with Crippen LogP contribution in [0.1, 0.15) is 25.0 Å². The van der Waals surface area contributed by atoms with Crippen LogP contribution in [0, 0.1) is 5.82 Å². The maximum Gasteiger partial charge on any atom is 0.123 e. The number of hydrogen-bond donors (Lipinski definition) is 1. The van der Waals surface area contributed by atoms with Crippen molar-refractivity contribution < 1.29 is 4.39 Å². The molecular formula is C15H24FN3. The topological polar surface area (TPSA) is 32.5 Å². The van der Waals surface area contributed by atoms with Crippen molar-refractivity contribution in [3.63, 3.8) is 0 Å². The highest BCUT2D eigenvalue weighted by molar-refractivity contribution is 5.27. The average Bonchev–Trinajstić information content (AvgIpc) is 2.35. The van der Waals surface area contributed by atoms with Gasteiger partial charge in [0.05, 0.1) is 0 Å². The standard InChI is InChI=1S/C15H24FN3/c1-15(2)11-19(7-6-18(15)3)10-12-4-5-14(16)8-13(12)9-17/h4-5,8H,6-7,9-11,17H2,1-3H3. The first-order chi connectivity index (χ1) is 8.92. The third-order valence-electron chi connectivity index (χ3n) is 4.18. The second-order valence-electron chi connectivity index (χ2n) is 6.06. The van der Waals surface area contributed by atoms with Gasteiger partial charge in [0.1, 0.15) is 5.82 Å². The van der Waals surface area contributed by atoms with Gasteiger partial charge in [-0.25, -0.2) is 4.39 Å². The molecule has 1 aromatic rings. The van der Waals surface area contributed by atoms with E-state index in [9.17, 15) is 4.39 Å². The van der Waals surface area contributed by atoms with Crippen LogP contribution in [0.2, 0.25) is 0 Å². The molecule has 3 nitrogen and oxygen atoms in total. The maximum atomic E-state index is 13.2. The molecule has 1 aromatic carbocycles. The van der Waals surface area contributed by atoms with Crippen LogP contribution >= 0.6 is 0 Å². The Hall–Kier alpha value is -0.970. The van der Waals surface area contributed by atoms with Crippen LogP contribution in [0.25, 0.3) is 0 Å². The molecule has 0 aliphatic carbocycles. The summed E-state index contributed by atoms with van der Waals surface area (Å²) < 4.78 is 13.2. The summed E-state index contributed by atoms with van der Waals surface area (Å²) in [6.45, 7) is 8.88. The highest BCUT2D eigenvalue weighted by Crippen LogP contribution is 2.21. The van der Waals surface area contributed by atoms with Crippen LogP contribution in [-0.2, 0) is 13.1 Å². The zero-order valence-electron chi connectivity index (χ0n) is 12.1. The van der Waals surface area contributed by atoms with Crippen LogP contribution < -0.4 is 5.73 Å². The molecule has 0 bridgehead atoms. The Balaban J connectivity index is 2.10. The van der Waals surface area contributed by atoms with Gasteiger partial charge in [-0.15, -0.1) is 0 Å². The van der Waals surface area contributed by atoms with E-state index in [4.69, 9.17) is 5.73 Å². The highest BCUT2D eigenvalue weighted by atomic mass is 19.1. The molecule has 0 saturated carbocycles. The molecule has 19 heavy (non-hydrogen) atoms. The summed E-state index contributed by atoms with van der Waals surface area (Å²) >= 11 is 0. The van der Waals surface area contributed by atoms with Crippen molar-refractivity contribution in [2.75, 3.05) is 26.7 Å². The van der Waals surface area contributed by atoms with Gasteiger partial charge in [-0.05, 0) is 44.2 Å². The van der Waals surface area contributed by atoms with Crippen molar-refractivity contribution >= 4 is 0 Å². The average molecular weight is 265 g/mol. The summed E-state index contributed by atoms with van der Waals surface area (Å²) in [7, 11) is 2.17. The first-order valence-electron chi connectivity index (χ1n) is 6.83. The predicted octanol–water partition coefficient (Wildman–Crippen LogP) is 1.81. The van der Waals surface area contributed by atoms with Gasteiger partial charge < -0.3 is 5.73 Å². The van der Waals surface area contributed by atoms with Gasteiger partial charge in [0, 0.05) is 38.3 Å². The maximum absolute atomic E-state index is 13.2. The largest absolute Gasteiger partial charge is 0.326 e. The number of benzene rings is 1. The predicted molar refractivity (Wildman–Crippen MR) is 76.3 cm³/mol. The van der Waals surface area contributed by atoms with Gasteiger partial charge in [-0.2, -0.15) is 0 Å². The van der Waals surface area contributed by atoms with Gasteiger partial charge in [0.2, 0.25) is 0 Å². The summed E-state index contributed by atoms with van der Waals surface area (Å²) in [5.41, 5.74) is 7.94.